The van der Waals surface area contributed by atoms with Crippen LogP contribution in [-0.4, -0.2) is 10.5 Å². The van der Waals surface area contributed by atoms with Crippen molar-refractivity contribution in [3.8, 4) is 0 Å². The number of benzene rings is 1. The fourth-order valence-electron chi connectivity index (χ4n) is 1.84. The molecule has 0 bridgehead atoms. The molecule has 1 heterocycles. The minimum Gasteiger partial charge on any atom is -0.323 e. The van der Waals surface area contributed by atoms with Gasteiger partial charge in [-0.2, -0.15) is 0 Å². The van der Waals surface area contributed by atoms with Gasteiger partial charge in [0.25, 0.3) is 0 Å². The van der Waals surface area contributed by atoms with Crippen LogP contribution in [-0.2, 0) is 11.3 Å². The quantitative estimate of drug-likeness (QED) is 0.898. The molecule has 2 rings (SSSR count). The van der Waals surface area contributed by atoms with Gasteiger partial charge in [0.05, 0.1) is 10.7 Å². The Kier molecular flexibility index (Phi) is 4.07. The molecule has 0 unspecified atom stereocenters. The third-order valence-electron chi connectivity index (χ3n) is 2.69. The van der Waals surface area contributed by atoms with Gasteiger partial charge in [0, 0.05) is 11.6 Å². The molecule has 0 radical (unpaired) electrons. The molecule has 19 heavy (non-hydrogen) atoms. The maximum atomic E-state index is 12.0. The second-order valence-electron chi connectivity index (χ2n) is 4.32. The Morgan fingerprint density at radius 1 is 1.47 bits per heavy atom. The van der Waals surface area contributed by atoms with Gasteiger partial charge >= 0.3 is 0 Å². The van der Waals surface area contributed by atoms with Crippen LogP contribution >= 0.6 is 22.9 Å². The van der Waals surface area contributed by atoms with Crippen molar-refractivity contribution in [1.82, 2.24) is 4.57 Å². The van der Waals surface area contributed by atoms with Gasteiger partial charge in [-0.1, -0.05) is 17.7 Å². The number of nitrogens with zero attached hydrogens (tertiary/aromatic N) is 1. The fourth-order valence-corrected chi connectivity index (χ4v) is 2.80. The minimum absolute atomic E-state index is 0.117. The molecule has 0 saturated carbocycles. The van der Waals surface area contributed by atoms with E-state index < -0.39 is 0 Å². The Bertz CT molecular complexity index is 652. The second-order valence-corrected chi connectivity index (χ2v) is 5.62. The number of aromatic nitrogens is 1. The number of hydrogen-bond acceptors (Lipinski definition) is 3. The van der Waals surface area contributed by atoms with E-state index in [9.17, 15) is 4.79 Å². The molecular weight excluding hydrogens is 282 g/mol. The molecule has 100 valence electrons. The summed E-state index contributed by atoms with van der Waals surface area (Å²) in [4.78, 5) is 12.3. The van der Waals surface area contributed by atoms with Crippen LogP contribution in [0, 0.1) is 19.3 Å². The molecule has 0 aliphatic heterocycles. The lowest BCUT2D eigenvalue weighted by Crippen LogP contribution is -2.24. The van der Waals surface area contributed by atoms with Crippen molar-refractivity contribution in [2.75, 3.05) is 5.32 Å². The zero-order chi connectivity index (χ0) is 14.0. The first-order valence-electron chi connectivity index (χ1n) is 5.72. The average Bonchev–Trinajstić information content (AvgIpc) is 2.69. The molecule has 1 amide bonds. The maximum Gasteiger partial charge on any atom is 0.244 e. The smallest absolute Gasteiger partial charge is 0.244 e. The van der Waals surface area contributed by atoms with Gasteiger partial charge in [-0.05, 0) is 31.0 Å². The van der Waals surface area contributed by atoms with E-state index in [4.69, 9.17) is 17.0 Å². The number of carbonyl (C=O) groups is 1. The molecule has 0 aliphatic carbocycles. The first kappa shape index (κ1) is 13.8. The molecule has 0 saturated heterocycles. The minimum atomic E-state index is -0.189. The van der Waals surface area contributed by atoms with E-state index in [-0.39, 0.29) is 12.5 Å². The molecular formula is C13H14ClN3OS. The molecule has 0 atom stereocenters. The van der Waals surface area contributed by atoms with Gasteiger partial charge in [-0.25, -0.2) is 0 Å². The summed E-state index contributed by atoms with van der Waals surface area (Å²) in [7, 11) is 0. The topological polar surface area (TPSA) is 57.9 Å². The number of thiazole rings is 1. The van der Waals surface area contributed by atoms with Crippen molar-refractivity contribution in [2.24, 2.45) is 0 Å². The fraction of sp³-hybridized carbons (Fsp3) is 0.231. The van der Waals surface area contributed by atoms with Crippen molar-refractivity contribution in [2.45, 2.75) is 20.4 Å². The normalized spacial score (nSPS) is 10.5. The number of amides is 1. The first-order valence-corrected chi connectivity index (χ1v) is 6.98. The lowest BCUT2D eigenvalue weighted by Gasteiger charge is -2.11. The molecule has 2 aromatic rings. The number of rotatable bonds is 3. The van der Waals surface area contributed by atoms with E-state index in [2.05, 4.69) is 5.32 Å². The number of nitrogens with one attached hydrogen (secondary N) is 2. The predicted octanol–water partition coefficient (Wildman–Crippen LogP) is 2.94. The van der Waals surface area contributed by atoms with E-state index in [0.29, 0.717) is 15.5 Å². The number of halogens is 1. The maximum absolute atomic E-state index is 12.0. The van der Waals surface area contributed by atoms with Crippen LogP contribution < -0.4 is 10.1 Å². The van der Waals surface area contributed by atoms with Crippen molar-refractivity contribution >= 4 is 34.5 Å². The van der Waals surface area contributed by atoms with Crippen LogP contribution in [0.2, 0.25) is 5.02 Å². The Balaban J connectivity index is 2.16. The molecule has 0 aliphatic rings. The summed E-state index contributed by atoms with van der Waals surface area (Å²) in [5, 5.41) is 12.7. The van der Waals surface area contributed by atoms with E-state index in [1.807, 2.05) is 26.0 Å². The summed E-state index contributed by atoms with van der Waals surface area (Å²) >= 11 is 7.42. The molecule has 6 heteroatoms. The Morgan fingerprint density at radius 2 is 2.21 bits per heavy atom. The van der Waals surface area contributed by atoms with Crippen LogP contribution in [0.1, 0.15) is 11.1 Å². The summed E-state index contributed by atoms with van der Waals surface area (Å²) in [6, 6.07) is 3.78. The first-order chi connectivity index (χ1) is 8.97. The standard InChI is InChI=1S/C13H14ClN3OS/c1-8-5-9(2)12(10(14)6-8)16-11(18)7-17-3-4-19-13(17)15/h3-6,15H,7H2,1-2H3,(H,16,18). The van der Waals surface area contributed by atoms with Crippen LogP contribution in [0.4, 0.5) is 5.69 Å². The Labute approximate surface area is 120 Å². The lowest BCUT2D eigenvalue weighted by atomic mass is 10.1. The van der Waals surface area contributed by atoms with Crippen LogP contribution in [0.25, 0.3) is 0 Å². The lowest BCUT2D eigenvalue weighted by molar-refractivity contribution is -0.116. The molecule has 1 aromatic carbocycles. The summed E-state index contributed by atoms with van der Waals surface area (Å²) < 4.78 is 1.58. The number of anilines is 1. The van der Waals surface area contributed by atoms with Gasteiger partial charge in [0.15, 0.2) is 4.80 Å². The number of aryl methyl sites for hydroxylation is 2. The Morgan fingerprint density at radius 3 is 2.79 bits per heavy atom. The summed E-state index contributed by atoms with van der Waals surface area (Å²) in [6.07, 6.45) is 1.72. The SMILES string of the molecule is Cc1cc(C)c(NC(=O)Cn2ccsc2=N)c(Cl)c1. The average molecular weight is 296 g/mol. The summed E-state index contributed by atoms with van der Waals surface area (Å²) in [6.45, 7) is 3.98. The zero-order valence-corrected chi connectivity index (χ0v) is 12.2. The molecule has 2 N–H and O–H groups in total. The van der Waals surface area contributed by atoms with Gasteiger partial charge in [-0.3, -0.25) is 10.2 Å². The molecule has 1 aromatic heterocycles. The molecule has 0 spiro atoms. The van der Waals surface area contributed by atoms with Crippen molar-refractivity contribution in [3.05, 3.63) is 44.7 Å². The van der Waals surface area contributed by atoms with Crippen LogP contribution in [0.3, 0.4) is 0 Å². The van der Waals surface area contributed by atoms with Gasteiger partial charge in [0.2, 0.25) is 5.91 Å². The number of hydrogen-bond donors (Lipinski definition) is 2. The highest BCUT2D eigenvalue weighted by Crippen LogP contribution is 2.27. The molecule has 4 nitrogen and oxygen atoms in total. The van der Waals surface area contributed by atoms with Crippen molar-refractivity contribution in [3.63, 3.8) is 0 Å². The third kappa shape index (κ3) is 3.24. The highest BCUT2D eigenvalue weighted by atomic mass is 35.5. The highest BCUT2D eigenvalue weighted by Gasteiger charge is 2.10. The van der Waals surface area contributed by atoms with E-state index in [1.165, 1.54) is 11.3 Å². The van der Waals surface area contributed by atoms with Gasteiger partial charge < -0.3 is 9.88 Å². The summed E-state index contributed by atoms with van der Waals surface area (Å²) in [5.74, 6) is -0.189. The highest BCUT2D eigenvalue weighted by molar-refractivity contribution is 7.06. The number of carbonyl (C=O) groups excluding carboxylic acids is 1. The van der Waals surface area contributed by atoms with E-state index in [0.717, 1.165) is 11.1 Å². The van der Waals surface area contributed by atoms with Crippen molar-refractivity contribution < 1.29 is 4.79 Å². The Hall–Kier alpha value is -1.59. The molecule has 0 fully saturated rings. The van der Waals surface area contributed by atoms with Crippen LogP contribution in [0.15, 0.2) is 23.7 Å². The zero-order valence-electron chi connectivity index (χ0n) is 10.7. The van der Waals surface area contributed by atoms with Gasteiger partial charge in [-0.15, -0.1) is 11.3 Å². The van der Waals surface area contributed by atoms with Crippen LogP contribution in [0.5, 0.6) is 0 Å². The van der Waals surface area contributed by atoms with Crippen molar-refractivity contribution in [1.29, 1.82) is 5.41 Å². The van der Waals surface area contributed by atoms with E-state index in [1.54, 1.807) is 16.1 Å². The summed E-state index contributed by atoms with van der Waals surface area (Å²) in [5.41, 5.74) is 2.63. The largest absolute Gasteiger partial charge is 0.323 e. The van der Waals surface area contributed by atoms with Gasteiger partial charge in [0.1, 0.15) is 6.54 Å². The monoisotopic (exact) mass is 295 g/mol. The second kappa shape index (κ2) is 5.59. The third-order valence-corrected chi connectivity index (χ3v) is 3.71. The predicted molar refractivity (Wildman–Crippen MR) is 77.7 cm³/mol. The van der Waals surface area contributed by atoms with E-state index >= 15 is 0 Å².